The van der Waals surface area contributed by atoms with E-state index in [1.165, 1.54) is 10.9 Å². The molecule has 18 heavy (non-hydrogen) atoms. The third-order valence-electron chi connectivity index (χ3n) is 3.02. The molecule has 1 unspecified atom stereocenters. The maximum Gasteiger partial charge on any atom is 0.126 e. The number of rotatable bonds is 6. The summed E-state index contributed by atoms with van der Waals surface area (Å²) < 4.78 is 13.4. The highest BCUT2D eigenvalue weighted by atomic mass is 32.1. The third kappa shape index (κ3) is 3.93. The SMILES string of the molecule is NC(CCCc1cccs1)Cc1ccccc1F. The van der Waals surface area contributed by atoms with Gasteiger partial charge in [0.05, 0.1) is 0 Å². The first-order valence-corrected chi connectivity index (χ1v) is 7.15. The fourth-order valence-corrected chi connectivity index (χ4v) is 2.79. The molecule has 0 saturated heterocycles. The second-order valence-corrected chi connectivity index (χ2v) is 5.56. The first kappa shape index (κ1) is 13.2. The fraction of sp³-hybridized carbons (Fsp3) is 0.333. The second kappa shape index (κ2) is 6.66. The van der Waals surface area contributed by atoms with Gasteiger partial charge in [0.15, 0.2) is 0 Å². The molecule has 0 fully saturated rings. The summed E-state index contributed by atoms with van der Waals surface area (Å²) in [7, 11) is 0. The standard InChI is InChI=1S/C15H18FNS/c16-15-9-2-1-5-12(15)11-13(17)6-3-7-14-8-4-10-18-14/h1-2,4-5,8-10,13H,3,6-7,11,17H2. The maximum atomic E-state index is 13.4. The highest BCUT2D eigenvalue weighted by Crippen LogP contribution is 2.14. The Hall–Kier alpha value is -1.19. The Morgan fingerprint density at radius 1 is 1.17 bits per heavy atom. The normalized spacial score (nSPS) is 12.6. The lowest BCUT2D eigenvalue weighted by Crippen LogP contribution is -2.23. The number of thiophene rings is 1. The number of hydrogen-bond donors (Lipinski definition) is 1. The maximum absolute atomic E-state index is 13.4. The van der Waals surface area contributed by atoms with Crippen LogP contribution in [0.4, 0.5) is 4.39 Å². The van der Waals surface area contributed by atoms with Crippen LogP contribution in [0.25, 0.3) is 0 Å². The van der Waals surface area contributed by atoms with Gasteiger partial charge in [0, 0.05) is 10.9 Å². The minimum absolute atomic E-state index is 0.0434. The van der Waals surface area contributed by atoms with Crippen LogP contribution in [0.5, 0.6) is 0 Å². The molecule has 0 amide bonds. The zero-order valence-electron chi connectivity index (χ0n) is 10.3. The van der Waals surface area contributed by atoms with E-state index in [1.807, 2.05) is 12.1 Å². The highest BCUT2D eigenvalue weighted by molar-refractivity contribution is 7.09. The van der Waals surface area contributed by atoms with Gasteiger partial charge in [-0.15, -0.1) is 11.3 Å². The fourth-order valence-electron chi connectivity index (χ4n) is 2.04. The Kier molecular flexibility index (Phi) is 4.90. The minimum Gasteiger partial charge on any atom is -0.327 e. The van der Waals surface area contributed by atoms with Gasteiger partial charge < -0.3 is 5.73 Å². The average Bonchev–Trinajstić information content (AvgIpc) is 2.85. The van der Waals surface area contributed by atoms with Crippen LogP contribution in [0.15, 0.2) is 41.8 Å². The van der Waals surface area contributed by atoms with Crippen LogP contribution >= 0.6 is 11.3 Å². The quantitative estimate of drug-likeness (QED) is 0.843. The van der Waals surface area contributed by atoms with Gasteiger partial charge in [0.25, 0.3) is 0 Å². The van der Waals surface area contributed by atoms with Crippen LogP contribution in [-0.2, 0) is 12.8 Å². The Labute approximate surface area is 111 Å². The Balaban J connectivity index is 1.75. The molecule has 0 aliphatic rings. The predicted octanol–water partition coefficient (Wildman–Crippen LogP) is 3.78. The lowest BCUT2D eigenvalue weighted by molar-refractivity contribution is 0.552. The van der Waals surface area contributed by atoms with Crippen molar-refractivity contribution >= 4 is 11.3 Å². The molecule has 1 atom stereocenters. The minimum atomic E-state index is -0.147. The molecule has 0 bridgehead atoms. The molecule has 0 radical (unpaired) electrons. The molecule has 1 heterocycles. The summed E-state index contributed by atoms with van der Waals surface area (Å²) in [6.07, 6.45) is 3.70. The summed E-state index contributed by atoms with van der Waals surface area (Å²) in [5, 5.41) is 2.09. The van der Waals surface area contributed by atoms with Gasteiger partial charge in [-0.25, -0.2) is 4.39 Å². The van der Waals surface area contributed by atoms with Crippen molar-refractivity contribution in [3.05, 3.63) is 58.0 Å². The summed E-state index contributed by atoms with van der Waals surface area (Å²) in [4.78, 5) is 1.40. The molecule has 0 spiro atoms. The summed E-state index contributed by atoms with van der Waals surface area (Å²) >= 11 is 1.78. The first-order chi connectivity index (χ1) is 8.75. The molecular weight excluding hydrogens is 245 g/mol. The average molecular weight is 263 g/mol. The summed E-state index contributed by atoms with van der Waals surface area (Å²) in [5.41, 5.74) is 6.77. The number of aryl methyl sites for hydroxylation is 1. The molecule has 96 valence electrons. The van der Waals surface area contributed by atoms with Crippen LogP contribution in [0.1, 0.15) is 23.3 Å². The van der Waals surface area contributed by atoms with Gasteiger partial charge in [-0.2, -0.15) is 0 Å². The van der Waals surface area contributed by atoms with E-state index in [0.717, 1.165) is 24.8 Å². The largest absolute Gasteiger partial charge is 0.327 e. The van der Waals surface area contributed by atoms with E-state index in [9.17, 15) is 4.39 Å². The first-order valence-electron chi connectivity index (χ1n) is 6.27. The van der Waals surface area contributed by atoms with Crippen LogP contribution in [-0.4, -0.2) is 6.04 Å². The van der Waals surface area contributed by atoms with Crippen molar-refractivity contribution in [3.8, 4) is 0 Å². The zero-order chi connectivity index (χ0) is 12.8. The van der Waals surface area contributed by atoms with E-state index in [2.05, 4.69) is 17.5 Å². The smallest absolute Gasteiger partial charge is 0.126 e. The van der Waals surface area contributed by atoms with Gasteiger partial charge in [-0.1, -0.05) is 24.3 Å². The molecule has 2 N–H and O–H groups in total. The van der Waals surface area contributed by atoms with E-state index < -0.39 is 0 Å². The van der Waals surface area contributed by atoms with Crippen molar-refractivity contribution in [2.45, 2.75) is 31.7 Å². The molecule has 1 aromatic heterocycles. The molecule has 2 rings (SSSR count). The van der Waals surface area contributed by atoms with Crippen LogP contribution in [0.2, 0.25) is 0 Å². The molecule has 0 saturated carbocycles. The van der Waals surface area contributed by atoms with Crippen molar-refractivity contribution in [2.24, 2.45) is 5.73 Å². The summed E-state index contributed by atoms with van der Waals surface area (Å²) in [6, 6.07) is 11.1. The van der Waals surface area contributed by atoms with E-state index in [1.54, 1.807) is 17.4 Å². The topological polar surface area (TPSA) is 26.0 Å². The number of hydrogen-bond acceptors (Lipinski definition) is 2. The zero-order valence-corrected chi connectivity index (χ0v) is 11.1. The summed E-state index contributed by atoms with van der Waals surface area (Å²) in [5.74, 6) is -0.147. The van der Waals surface area contributed by atoms with E-state index in [0.29, 0.717) is 6.42 Å². The molecule has 3 heteroatoms. The van der Waals surface area contributed by atoms with E-state index >= 15 is 0 Å². The third-order valence-corrected chi connectivity index (χ3v) is 3.95. The van der Waals surface area contributed by atoms with Crippen molar-refractivity contribution < 1.29 is 4.39 Å². The van der Waals surface area contributed by atoms with Gasteiger partial charge >= 0.3 is 0 Å². The van der Waals surface area contributed by atoms with Crippen molar-refractivity contribution in [3.63, 3.8) is 0 Å². The lowest BCUT2D eigenvalue weighted by Gasteiger charge is -2.11. The molecule has 1 nitrogen and oxygen atoms in total. The monoisotopic (exact) mass is 263 g/mol. The Bertz CT molecular complexity index is 467. The second-order valence-electron chi connectivity index (χ2n) is 4.53. The van der Waals surface area contributed by atoms with Crippen molar-refractivity contribution in [2.75, 3.05) is 0 Å². The van der Waals surface area contributed by atoms with Crippen LogP contribution < -0.4 is 5.73 Å². The van der Waals surface area contributed by atoms with Crippen molar-refractivity contribution in [1.29, 1.82) is 0 Å². The van der Waals surface area contributed by atoms with Gasteiger partial charge in [0.1, 0.15) is 5.82 Å². The number of benzene rings is 1. The van der Waals surface area contributed by atoms with Crippen LogP contribution in [0, 0.1) is 5.82 Å². The van der Waals surface area contributed by atoms with Crippen LogP contribution in [0.3, 0.4) is 0 Å². The number of halogens is 1. The van der Waals surface area contributed by atoms with E-state index in [-0.39, 0.29) is 11.9 Å². The predicted molar refractivity (Wildman–Crippen MR) is 75.3 cm³/mol. The number of nitrogens with two attached hydrogens (primary N) is 1. The van der Waals surface area contributed by atoms with Crippen molar-refractivity contribution in [1.82, 2.24) is 0 Å². The molecule has 0 aliphatic carbocycles. The van der Waals surface area contributed by atoms with E-state index in [4.69, 9.17) is 5.73 Å². The highest BCUT2D eigenvalue weighted by Gasteiger charge is 2.07. The van der Waals surface area contributed by atoms with Gasteiger partial charge in [0.2, 0.25) is 0 Å². The molecular formula is C15H18FNS. The molecule has 0 aliphatic heterocycles. The summed E-state index contributed by atoms with van der Waals surface area (Å²) in [6.45, 7) is 0. The Morgan fingerprint density at radius 2 is 2.00 bits per heavy atom. The molecule has 1 aromatic carbocycles. The van der Waals surface area contributed by atoms with Gasteiger partial charge in [-0.05, 0) is 48.8 Å². The van der Waals surface area contributed by atoms with Gasteiger partial charge in [-0.3, -0.25) is 0 Å². The Morgan fingerprint density at radius 3 is 2.72 bits per heavy atom. The lowest BCUT2D eigenvalue weighted by atomic mass is 10.0. The molecule has 2 aromatic rings.